The molecule has 3 heterocycles. The second kappa shape index (κ2) is 10.9. The molecule has 3 aromatic rings. The topological polar surface area (TPSA) is 86.0 Å². The number of carboxylic acids is 1. The highest BCUT2D eigenvalue weighted by atomic mass is 16.5. The van der Waals surface area contributed by atoms with Crippen molar-refractivity contribution in [1.82, 2.24) is 14.5 Å². The lowest BCUT2D eigenvalue weighted by molar-refractivity contribution is 0.0278. The van der Waals surface area contributed by atoms with E-state index in [1.165, 1.54) is 24.1 Å². The first kappa shape index (κ1) is 24.0. The van der Waals surface area contributed by atoms with Crippen LogP contribution < -0.4 is 9.47 Å². The van der Waals surface area contributed by atoms with Gasteiger partial charge in [0, 0.05) is 30.9 Å². The molecule has 0 radical (unpaired) electrons. The number of hydrogen-bond donors (Lipinski definition) is 1. The molecule has 0 spiro atoms. The van der Waals surface area contributed by atoms with Gasteiger partial charge in [-0.3, -0.25) is 9.88 Å². The molecular weight excluding hydrogens is 434 g/mol. The van der Waals surface area contributed by atoms with Gasteiger partial charge < -0.3 is 23.9 Å². The molecular formula is C26H33N3O5. The second-order valence-electron chi connectivity index (χ2n) is 8.55. The molecule has 1 aliphatic rings. The summed E-state index contributed by atoms with van der Waals surface area (Å²) in [5.74, 6) is 0.177. The van der Waals surface area contributed by atoms with Crippen LogP contribution in [0.4, 0.5) is 0 Å². The van der Waals surface area contributed by atoms with Crippen LogP contribution in [0.25, 0.3) is 10.9 Å². The number of carboxylic acid groups (broad SMARTS) is 1. The lowest BCUT2D eigenvalue weighted by Crippen LogP contribution is -2.36. The first-order valence-electron chi connectivity index (χ1n) is 11.8. The largest absolute Gasteiger partial charge is 0.493 e. The minimum atomic E-state index is -1.03. The van der Waals surface area contributed by atoms with Crippen LogP contribution in [-0.2, 0) is 4.74 Å². The number of aromatic carboxylic acids is 1. The van der Waals surface area contributed by atoms with Crippen LogP contribution in [0.3, 0.4) is 0 Å². The Morgan fingerprint density at radius 1 is 1.26 bits per heavy atom. The average Bonchev–Trinajstić information content (AvgIpc) is 3.24. The number of benzene rings is 1. The molecule has 0 bridgehead atoms. The highest BCUT2D eigenvalue weighted by molar-refractivity contribution is 5.92. The van der Waals surface area contributed by atoms with Gasteiger partial charge in [-0.15, -0.1) is 0 Å². The fourth-order valence-corrected chi connectivity index (χ4v) is 4.81. The lowest BCUT2D eigenvalue weighted by atomic mass is 9.89. The summed E-state index contributed by atoms with van der Waals surface area (Å²) in [5.41, 5.74) is 2.59. The highest BCUT2D eigenvalue weighted by Crippen LogP contribution is 2.36. The van der Waals surface area contributed by atoms with Crippen molar-refractivity contribution in [2.45, 2.75) is 38.8 Å². The Morgan fingerprint density at radius 2 is 2.06 bits per heavy atom. The lowest BCUT2D eigenvalue weighted by Gasteiger charge is -2.32. The van der Waals surface area contributed by atoms with Gasteiger partial charge in [0.05, 0.1) is 18.8 Å². The number of methoxy groups -OCH3 is 1. The third-order valence-corrected chi connectivity index (χ3v) is 6.58. The van der Waals surface area contributed by atoms with Crippen LogP contribution in [0, 0.1) is 0 Å². The number of aromatic nitrogens is 2. The SMILES string of the molecule is CCOC(C)n1cc(C2CCN(CCOc3c(OC)cccc3C(=O)O)CC2)c2ccncc21. The van der Waals surface area contributed by atoms with Gasteiger partial charge >= 0.3 is 5.97 Å². The zero-order valence-corrected chi connectivity index (χ0v) is 20.1. The number of hydrogen-bond acceptors (Lipinski definition) is 6. The summed E-state index contributed by atoms with van der Waals surface area (Å²) in [6.07, 6.45) is 8.10. The van der Waals surface area contributed by atoms with Gasteiger partial charge in [0.1, 0.15) is 18.4 Å². The molecule has 8 nitrogen and oxygen atoms in total. The van der Waals surface area contributed by atoms with E-state index < -0.39 is 5.97 Å². The molecule has 34 heavy (non-hydrogen) atoms. The monoisotopic (exact) mass is 467 g/mol. The third-order valence-electron chi connectivity index (χ3n) is 6.58. The Morgan fingerprint density at radius 3 is 2.76 bits per heavy atom. The van der Waals surface area contributed by atoms with E-state index >= 15 is 0 Å². The van der Waals surface area contributed by atoms with Gasteiger partial charge in [-0.05, 0) is 69.5 Å². The van der Waals surface area contributed by atoms with Gasteiger partial charge in [0.2, 0.25) is 0 Å². The quantitative estimate of drug-likeness (QED) is 0.468. The van der Waals surface area contributed by atoms with Crippen molar-refractivity contribution in [2.24, 2.45) is 0 Å². The van der Waals surface area contributed by atoms with E-state index in [9.17, 15) is 9.90 Å². The minimum Gasteiger partial charge on any atom is -0.493 e. The highest BCUT2D eigenvalue weighted by Gasteiger charge is 2.25. The van der Waals surface area contributed by atoms with Crippen molar-refractivity contribution in [2.75, 3.05) is 40.0 Å². The molecule has 1 saturated heterocycles. The number of piperidine rings is 1. The molecule has 1 atom stereocenters. The summed E-state index contributed by atoms with van der Waals surface area (Å²) in [6.45, 7) is 7.81. The molecule has 1 fully saturated rings. The predicted molar refractivity (Wildman–Crippen MR) is 130 cm³/mol. The molecule has 0 saturated carbocycles. The van der Waals surface area contributed by atoms with Crippen molar-refractivity contribution < 1.29 is 24.1 Å². The fourth-order valence-electron chi connectivity index (χ4n) is 4.81. The minimum absolute atomic E-state index is 0.0339. The Balaban J connectivity index is 1.38. The molecule has 1 aliphatic heterocycles. The molecule has 182 valence electrons. The molecule has 1 N–H and O–H groups in total. The molecule has 1 unspecified atom stereocenters. The second-order valence-corrected chi connectivity index (χ2v) is 8.55. The summed E-state index contributed by atoms with van der Waals surface area (Å²) >= 11 is 0. The molecule has 2 aromatic heterocycles. The van der Waals surface area contributed by atoms with Gasteiger partial charge in [-0.1, -0.05) is 6.07 Å². The molecule has 0 amide bonds. The van der Waals surface area contributed by atoms with E-state index in [0.29, 0.717) is 24.9 Å². The number of carbonyl (C=O) groups is 1. The van der Waals surface area contributed by atoms with E-state index in [0.717, 1.165) is 38.0 Å². The Kier molecular flexibility index (Phi) is 7.70. The number of ether oxygens (including phenoxy) is 3. The standard InChI is InChI=1S/C26H33N3O5/c1-4-33-18(2)29-17-22(20-8-11-27-16-23(20)29)19-9-12-28(13-10-19)14-15-34-25-21(26(30)31)6-5-7-24(25)32-3/h5-8,11,16-19H,4,9-10,12-15H2,1-3H3,(H,30,31). The molecule has 8 heteroatoms. The predicted octanol–water partition coefficient (Wildman–Crippen LogP) is 4.56. The number of likely N-dealkylation sites (tertiary alicyclic amines) is 1. The summed E-state index contributed by atoms with van der Waals surface area (Å²) in [7, 11) is 1.51. The molecule has 0 aliphatic carbocycles. The fraction of sp³-hybridized carbons (Fsp3) is 0.462. The van der Waals surface area contributed by atoms with Gasteiger partial charge in [-0.2, -0.15) is 0 Å². The van der Waals surface area contributed by atoms with Crippen LogP contribution in [0.15, 0.2) is 42.9 Å². The average molecular weight is 468 g/mol. The van der Waals surface area contributed by atoms with Crippen molar-refractivity contribution >= 4 is 16.9 Å². The molecule has 4 rings (SSSR count). The zero-order chi connectivity index (χ0) is 24.1. The van der Waals surface area contributed by atoms with Crippen LogP contribution >= 0.6 is 0 Å². The normalized spacial score (nSPS) is 16.0. The summed E-state index contributed by atoms with van der Waals surface area (Å²) < 4.78 is 19.2. The van der Waals surface area contributed by atoms with Gasteiger partial charge in [0.15, 0.2) is 11.5 Å². The number of pyridine rings is 1. The van der Waals surface area contributed by atoms with E-state index in [4.69, 9.17) is 14.2 Å². The van der Waals surface area contributed by atoms with Crippen LogP contribution in [0.1, 0.15) is 54.8 Å². The Labute approximate surface area is 200 Å². The van der Waals surface area contributed by atoms with Gasteiger partial charge in [0.25, 0.3) is 0 Å². The summed E-state index contributed by atoms with van der Waals surface area (Å²) in [6, 6.07) is 7.01. The summed E-state index contributed by atoms with van der Waals surface area (Å²) in [4.78, 5) is 18.2. The van der Waals surface area contributed by atoms with Crippen LogP contribution in [-0.4, -0.2) is 65.5 Å². The van der Waals surface area contributed by atoms with E-state index in [1.54, 1.807) is 12.1 Å². The maximum atomic E-state index is 11.5. The Hall–Kier alpha value is -3.10. The maximum absolute atomic E-state index is 11.5. The van der Waals surface area contributed by atoms with Crippen LogP contribution in [0.5, 0.6) is 11.5 Å². The van der Waals surface area contributed by atoms with Crippen molar-refractivity contribution in [3.05, 3.63) is 54.0 Å². The van der Waals surface area contributed by atoms with E-state index in [2.05, 4.69) is 33.6 Å². The Bertz CT molecular complexity index is 1120. The van der Waals surface area contributed by atoms with E-state index in [1.807, 2.05) is 19.3 Å². The molecule has 1 aromatic carbocycles. The van der Waals surface area contributed by atoms with Crippen molar-refractivity contribution in [1.29, 1.82) is 0 Å². The number of fused-ring (bicyclic) bond motifs is 1. The van der Waals surface area contributed by atoms with Crippen LogP contribution in [0.2, 0.25) is 0 Å². The number of para-hydroxylation sites is 1. The zero-order valence-electron chi connectivity index (χ0n) is 20.1. The van der Waals surface area contributed by atoms with E-state index in [-0.39, 0.29) is 17.5 Å². The van der Waals surface area contributed by atoms with Crippen molar-refractivity contribution in [3.8, 4) is 11.5 Å². The third kappa shape index (κ3) is 5.03. The summed E-state index contributed by atoms with van der Waals surface area (Å²) in [5, 5.41) is 10.7. The number of nitrogens with zero attached hydrogens (tertiary/aromatic N) is 3. The van der Waals surface area contributed by atoms with Crippen molar-refractivity contribution in [3.63, 3.8) is 0 Å². The first-order valence-corrected chi connectivity index (χ1v) is 11.8. The number of rotatable bonds is 10. The van der Waals surface area contributed by atoms with Gasteiger partial charge in [-0.25, -0.2) is 4.79 Å². The first-order chi connectivity index (χ1) is 16.5. The maximum Gasteiger partial charge on any atom is 0.339 e. The smallest absolute Gasteiger partial charge is 0.339 e.